The summed E-state index contributed by atoms with van der Waals surface area (Å²) >= 11 is 0. The highest BCUT2D eigenvalue weighted by atomic mass is 16.7. The van der Waals surface area contributed by atoms with Gasteiger partial charge >= 0.3 is 0 Å². The molecule has 1 aliphatic rings. The average Bonchev–Trinajstić information content (AvgIpc) is 2.50. The first-order valence-corrected chi connectivity index (χ1v) is 6.94. The normalized spacial score (nSPS) is 20.0. The standard InChI is InChI=1S/C16H22O5/c1-15(2)20-11-16(9-17,12-21-15)10-19-8-13-4-6-14(18-3)7-5-13/h4-7,9H,8,10-12H2,1-3H3. The Morgan fingerprint density at radius 2 is 1.81 bits per heavy atom. The summed E-state index contributed by atoms with van der Waals surface area (Å²) < 4.78 is 21.9. The fourth-order valence-corrected chi connectivity index (χ4v) is 2.00. The highest BCUT2D eigenvalue weighted by Gasteiger charge is 2.40. The quantitative estimate of drug-likeness (QED) is 0.753. The molecule has 0 N–H and O–H groups in total. The molecule has 1 aromatic carbocycles. The zero-order valence-electron chi connectivity index (χ0n) is 12.8. The number of hydrogen-bond donors (Lipinski definition) is 0. The summed E-state index contributed by atoms with van der Waals surface area (Å²) in [4.78, 5) is 11.4. The molecule has 2 rings (SSSR count). The average molecular weight is 294 g/mol. The highest BCUT2D eigenvalue weighted by molar-refractivity contribution is 5.60. The van der Waals surface area contributed by atoms with Gasteiger partial charge in [-0.25, -0.2) is 0 Å². The van der Waals surface area contributed by atoms with Crippen molar-refractivity contribution in [2.24, 2.45) is 5.41 Å². The van der Waals surface area contributed by atoms with Crippen molar-refractivity contribution in [2.45, 2.75) is 26.2 Å². The van der Waals surface area contributed by atoms with Crippen molar-refractivity contribution >= 4 is 6.29 Å². The first kappa shape index (κ1) is 15.9. The smallest absolute Gasteiger partial charge is 0.162 e. The molecule has 1 aromatic rings. The van der Waals surface area contributed by atoms with Crippen LogP contribution in [-0.2, 0) is 25.6 Å². The van der Waals surface area contributed by atoms with Crippen LogP contribution in [0.1, 0.15) is 19.4 Å². The monoisotopic (exact) mass is 294 g/mol. The van der Waals surface area contributed by atoms with Gasteiger partial charge in [-0.1, -0.05) is 12.1 Å². The molecule has 0 radical (unpaired) electrons. The predicted molar refractivity (Wildman–Crippen MR) is 77.1 cm³/mol. The molecular weight excluding hydrogens is 272 g/mol. The second kappa shape index (κ2) is 6.56. The summed E-state index contributed by atoms with van der Waals surface area (Å²) in [7, 11) is 1.63. The zero-order chi connectivity index (χ0) is 15.3. The first-order chi connectivity index (χ1) is 9.99. The number of ether oxygens (including phenoxy) is 4. The maximum atomic E-state index is 11.4. The molecule has 1 aliphatic heterocycles. The van der Waals surface area contributed by atoms with Gasteiger partial charge in [-0.15, -0.1) is 0 Å². The lowest BCUT2D eigenvalue weighted by Crippen LogP contribution is -2.49. The Hall–Kier alpha value is -1.43. The number of carbonyl (C=O) groups is 1. The van der Waals surface area contributed by atoms with Crippen LogP contribution in [0.5, 0.6) is 5.75 Å². The Labute approximate surface area is 125 Å². The second-order valence-electron chi connectivity index (χ2n) is 5.80. The lowest BCUT2D eigenvalue weighted by molar-refractivity contribution is -0.283. The van der Waals surface area contributed by atoms with E-state index in [0.717, 1.165) is 17.6 Å². The largest absolute Gasteiger partial charge is 0.497 e. The molecule has 0 aliphatic carbocycles. The number of rotatable bonds is 6. The molecule has 5 heteroatoms. The van der Waals surface area contributed by atoms with E-state index in [4.69, 9.17) is 18.9 Å². The van der Waals surface area contributed by atoms with Gasteiger partial charge in [0.2, 0.25) is 0 Å². The number of benzene rings is 1. The minimum Gasteiger partial charge on any atom is -0.497 e. The van der Waals surface area contributed by atoms with Crippen molar-refractivity contribution in [3.63, 3.8) is 0 Å². The molecule has 0 bridgehead atoms. The summed E-state index contributed by atoms with van der Waals surface area (Å²) in [6.45, 7) is 5.00. The molecule has 5 nitrogen and oxygen atoms in total. The molecule has 21 heavy (non-hydrogen) atoms. The molecule has 0 aromatic heterocycles. The SMILES string of the molecule is COc1ccc(COCC2(C=O)COC(C)(C)OC2)cc1. The van der Waals surface area contributed by atoms with E-state index in [1.807, 2.05) is 38.1 Å². The van der Waals surface area contributed by atoms with Gasteiger partial charge in [0.05, 0.1) is 39.0 Å². The van der Waals surface area contributed by atoms with Gasteiger partial charge in [-0.05, 0) is 31.5 Å². The van der Waals surface area contributed by atoms with Crippen molar-refractivity contribution in [1.82, 2.24) is 0 Å². The number of carbonyl (C=O) groups excluding carboxylic acids is 1. The Morgan fingerprint density at radius 3 is 2.33 bits per heavy atom. The summed E-state index contributed by atoms with van der Waals surface area (Å²) in [6.07, 6.45) is 0.871. The molecule has 116 valence electrons. The molecule has 0 atom stereocenters. The Bertz CT molecular complexity index is 456. The molecular formula is C16H22O5. The van der Waals surface area contributed by atoms with Crippen LogP contribution >= 0.6 is 0 Å². The maximum Gasteiger partial charge on any atom is 0.162 e. The van der Waals surface area contributed by atoms with Gasteiger partial charge in [0.25, 0.3) is 0 Å². The summed E-state index contributed by atoms with van der Waals surface area (Å²) in [5.74, 6) is 0.169. The summed E-state index contributed by atoms with van der Waals surface area (Å²) in [5, 5.41) is 0. The minimum atomic E-state index is -0.720. The zero-order valence-corrected chi connectivity index (χ0v) is 12.8. The molecule has 0 unspecified atom stereocenters. The van der Waals surface area contributed by atoms with Gasteiger partial charge in [-0.3, -0.25) is 0 Å². The molecule has 1 fully saturated rings. The molecule has 0 saturated carbocycles. The topological polar surface area (TPSA) is 54.0 Å². The van der Waals surface area contributed by atoms with E-state index in [1.54, 1.807) is 7.11 Å². The third-order valence-corrected chi connectivity index (χ3v) is 3.48. The molecule has 0 spiro atoms. The van der Waals surface area contributed by atoms with Crippen LogP contribution in [0, 0.1) is 5.41 Å². The number of hydrogen-bond acceptors (Lipinski definition) is 5. The van der Waals surface area contributed by atoms with Crippen molar-refractivity contribution in [2.75, 3.05) is 26.9 Å². The van der Waals surface area contributed by atoms with Crippen LogP contribution in [0.4, 0.5) is 0 Å². The van der Waals surface area contributed by atoms with E-state index in [1.165, 1.54) is 0 Å². The van der Waals surface area contributed by atoms with E-state index in [-0.39, 0.29) is 6.61 Å². The Balaban J connectivity index is 1.84. The number of aldehydes is 1. The lowest BCUT2D eigenvalue weighted by Gasteiger charge is -2.40. The lowest BCUT2D eigenvalue weighted by atomic mass is 9.92. The van der Waals surface area contributed by atoms with E-state index in [9.17, 15) is 4.79 Å². The van der Waals surface area contributed by atoms with E-state index >= 15 is 0 Å². The first-order valence-electron chi connectivity index (χ1n) is 6.94. The molecule has 1 heterocycles. The van der Waals surface area contributed by atoms with Crippen molar-refractivity contribution in [1.29, 1.82) is 0 Å². The van der Waals surface area contributed by atoms with Crippen molar-refractivity contribution < 1.29 is 23.7 Å². The van der Waals surface area contributed by atoms with Crippen LogP contribution in [-0.4, -0.2) is 39.0 Å². The second-order valence-corrected chi connectivity index (χ2v) is 5.80. The van der Waals surface area contributed by atoms with Crippen LogP contribution in [0.2, 0.25) is 0 Å². The van der Waals surface area contributed by atoms with Crippen molar-refractivity contribution in [3.05, 3.63) is 29.8 Å². The molecule has 1 saturated heterocycles. The maximum absolute atomic E-state index is 11.4. The summed E-state index contributed by atoms with van der Waals surface area (Å²) in [6, 6.07) is 7.62. The fraction of sp³-hybridized carbons (Fsp3) is 0.562. The summed E-state index contributed by atoms with van der Waals surface area (Å²) in [5.41, 5.74) is 0.303. The number of methoxy groups -OCH3 is 1. The fourth-order valence-electron chi connectivity index (χ4n) is 2.00. The van der Waals surface area contributed by atoms with Crippen molar-refractivity contribution in [3.8, 4) is 5.75 Å². The highest BCUT2D eigenvalue weighted by Crippen LogP contribution is 2.28. The van der Waals surface area contributed by atoms with Gasteiger partial charge in [0, 0.05) is 0 Å². The van der Waals surface area contributed by atoms with Gasteiger partial charge < -0.3 is 23.7 Å². The third kappa shape index (κ3) is 4.27. The van der Waals surface area contributed by atoms with Crippen LogP contribution < -0.4 is 4.74 Å². The van der Waals surface area contributed by atoms with E-state index in [2.05, 4.69) is 0 Å². The van der Waals surface area contributed by atoms with Gasteiger partial charge in [0.1, 0.15) is 12.0 Å². The third-order valence-electron chi connectivity index (χ3n) is 3.48. The van der Waals surface area contributed by atoms with Crippen LogP contribution in [0.15, 0.2) is 24.3 Å². The minimum absolute atomic E-state index is 0.276. The Kier molecular flexibility index (Phi) is 4.98. The predicted octanol–water partition coefficient (Wildman–Crippen LogP) is 2.18. The Morgan fingerprint density at radius 1 is 1.19 bits per heavy atom. The molecule has 0 amide bonds. The van der Waals surface area contributed by atoms with Crippen LogP contribution in [0.25, 0.3) is 0 Å². The van der Waals surface area contributed by atoms with Crippen LogP contribution in [0.3, 0.4) is 0 Å². The van der Waals surface area contributed by atoms with E-state index < -0.39 is 11.2 Å². The van der Waals surface area contributed by atoms with E-state index in [0.29, 0.717) is 19.8 Å². The van der Waals surface area contributed by atoms with Gasteiger partial charge in [-0.2, -0.15) is 0 Å². The van der Waals surface area contributed by atoms with Gasteiger partial charge in [0.15, 0.2) is 5.79 Å².